The first kappa shape index (κ1) is 13.4. The maximum Gasteiger partial charge on any atom is 0.169 e. The Hall–Kier alpha value is -2.07. The predicted octanol–water partition coefficient (Wildman–Crippen LogP) is 3.43. The molecule has 1 N–H and O–H groups in total. The first-order valence-electron chi connectivity index (χ1n) is 5.86. The Morgan fingerprint density at radius 3 is 2.42 bits per heavy atom. The molecule has 0 fully saturated rings. The lowest BCUT2D eigenvalue weighted by atomic mass is 10.2. The molecule has 0 aliphatic heterocycles. The summed E-state index contributed by atoms with van der Waals surface area (Å²) in [5, 5.41) is 8.93. The quantitative estimate of drug-likeness (QED) is 0.917. The van der Waals surface area contributed by atoms with Crippen molar-refractivity contribution in [1.29, 1.82) is 0 Å². The minimum Gasteiger partial charge on any atom is -0.493 e. The number of rotatable bonds is 4. The van der Waals surface area contributed by atoms with E-state index in [-0.39, 0.29) is 12.4 Å². The Balaban J connectivity index is 2.31. The van der Waals surface area contributed by atoms with Gasteiger partial charge in [-0.2, -0.15) is 0 Å². The lowest BCUT2D eigenvalue weighted by Gasteiger charge is -2.12. The van der Waals surface area contributed by atoms with Gasteiger partial charge in [0.1, 0.15) is 0 Å². The monoisotopic (exact) mass is 262 g/mol. The number of halogens is 1. The van der Waals surface area contributed by atoms with Crippen LogP contribution < -0.4 is 9.47 Å². The maximum absolute atomic E-state index is 13.8. The van der Waals surface area contributed by atoms with Crippen molar-refractivity contribution < 1.29 is 19.0 Å². The second-order valence-electron chi connectivity index (χ2n) is 4.18. The van der Waals surface area contributed by atoms with Crippen molar-refractivity contribution in [2.75, 3.05) is 7.11 Å². The SMILES string of the molecule is COc1cc(C)ccc1Oc1ccc(CO)cc1F. The Morgan fingerprint density at radius 2 is 1.79 bits per heavy atom. The molecule has 100 valence electrons. The summed E-state index contributed by atoms with van der Waals surface area (Å²) < 4.78 is 24.5. The fraction of sp³-hybridized carbons (Fsp3) is 0.200. The van der Waals surface area contributed by atoms with E-state index in [1.807, 2.05) is 19.1 Å². The summed E-state index contributed by atoms with van der Waals surface area (Å²) in [5.74, 6) is 0.572. The van der Waals surface area contributed by atoms with Crippen molar-refractivity contribution in [3.05, 3.63) is 53.3 Å². The minimum atomic E-state index is -0.519. The van der Waals surface area contributed by atoms with Gasteiger partial charge in [0.25, 0.3) is 0 Å². The molecule has 0 unspecified atom stereocenters. The highest BCUT2D eigenvalue weighted by Crippen LogP contribution is 2.33. The number of benzene rings is 2. The van der Waals surface area contributed by atoms with Gasteiger partial charge in [0, 0.05) is 0 Å². The molecule has 0 aliphatic carbocycles. The normalized spacial score (nSPS) is 10.3. The fourth-order valence-electron chi connectivity index (χ4n) is 1.70. The van der Waals surface area contributed by atoms with Gasteiger partial charge in [-0.1, -0.05) is 12.1 Å². The van der Waals surface area contributed by atoms with Crippen LogP contribution in [0.1, 0.15) is 11.1 Å². The van der Waals surface area contributed by atoms with Crippen molar-refractivity contribution >= 4 is 0 Å². The molecule has 0 heterocycles. The van der Waals surface area contributed by atoms with Gasteiger partial charge in [0.05, 0.1) is 13.7 Å². The topological polar surface area (TPSA) is 38.7 Å². The maximum atomic E-state index is 13.8. The summed E-state index contributed by atoms with van der Waals surface area (Å²) >= 11 is 0. The molecule has 0 radical (unpaired) electrons. The summed E-state index contributed by atoms with van der Waals surface area (Å²) in [4.78, 5) is 0. The Labute approximate surface area is 111 Å². The highest BCUT2D eigenvalue weighted by atomic mass is 19.1. The number of hydrogen-bond donors (Lipinski definition) is 1. The second-order valence-corrected chi connectivity index (χ2v) is 4.18. The van der Waals surface area contributed by atoms with Crippen molar-refractivity contribution in [1.82, 2.24) is 0 Å². The summed E-state index contributed by atoms with van der Waals surface area (Å²) in [6.45, 7) is 1.73. The van der Waals surface area contributed by atoms with Crippen molar-refractivity contribution in [2.24, 2.45) is 0 Å². The molecule has 0 saturated carbocycles. The van der Waals surface area contributed by atoms with Crippen molar-refractivity contribution in [3.63, 3.8) is 0 Å². The highest BCUT2D eigenvalue weighted by molar-refractivity contribution is 5.45. The molecule has 0 aliphatic rings. The van der Waals surface area contributed by atoms with E-state index >= 15 is 0 Å². The lowest BCUT2D eigenvalue weighted by Crippen LogP contribution is -1.94. The number of aliphatic hydroxyl groups excluding tert-OH is 1. The van der Waals surface area contributed by atoms with Crippen LogP contribution in [0.2, 0.25) is 0 Å². The van der Waals surface area contributed by atoms with E-state index < -0.39 is 5.82 Å². The second kappa shape index (κ2) is 5.71. The average molecular weight is 262 g/mol. The largest absolute Gasteiger partial charge is 0.493 e. The van der Waals surface area contributed by atoms with Gasteiger partial charge in [-0.25, -0.2) is 4.39 Å². The summed E-state index contributed by atoms with van der Waals surface area (Å²) in [5.41, 5.74) is 1.53. The summed E-state index contributed by atoms with van der Waals surface area (Å²) in [6, 6.07) is 9.75. The molecule has 0 amide bonds. The third-order valence-electron chi connectivity index (χ3n) is 2.72. The average Bonchev–Trinajstić information content (AvgIpc) is 2.42. The molecule has 0 bridgehead atoms. The molecule has 2 aromatic rings. The van der Waals surface area contributed by atoms with Gasteiger partial charge in [0.15, 0.2) is 23.1 Å². The zero-order valence-corrected chi connectivity index (χ0v) is 10.8. The van der Waals surface area contributed by atoms with E-state index in [9.17, 15) is 4.39 Å². The standard InChI is InChI=1S/C15H15FO3/c1-10-3-5-14(15(7-10)18-2)19-13-6-4-11(9-17)8-12(13)16/h3-8,17H,9H2,1-2H3. The van der Waals surface area contributed by atoms with Crippen LogP contribution in [-0.2, 0) is 6.61 Å². The number of aliphatic hydroxyl groups is 1. The van der Waals surface area contributed by atoms with E-state index in [2.05, 4.69) is 0 Å². The smallest absolute Gasteiger partial charge is 0.169 e. The zero-order chi connectivity index (χ0) is 13.8. The van der Waals surface area contributed by atoms with Crippen LogP contribution in [0.3, 0.4) is 0 Å². The van der Waals surface area contributed by atoms with Gasteiger partial charge in [-0.05, 0) is 42.3 Å². The molecule has 2 aromatic carbocycles. The van der Waals surface area contributed by atoms with E-state index in [4.69, 9.17) is 14.6 Å². The van der Waals surface area contributed by atoms with Gasteiger partial charge in [0.2, 0.25) is 0 Å². The van der Waals surface area contributed by atoms with Crippen LogP contribution in [0, 0.1) is 12.7 Å². The number of methoxy groups -OCH3 is 1. The van der Waals surface area contributed by atoms with Gasteiger partial charge >= 0.3 is 0 Å². The molecular formula is C15H15FO3. The number of hydrogen-bond acceptors (Lipinski definition) is 3. The fourth-order valence-corrected chi connectivity index (χ4v) is 1.70. The van der Waals surface area contributed by atoms with Crippen LogP contribution in [0.5, 0.6) is 17.2 Å². The van der Waals surface area contributed by atoms with Crippen LogP contribution in [-0.4, -0.2) is 12.2 Å². The minimum absolute atomic E-state index is 0.0966. The highest BCUT2D eigenvalue weighted by Gasteiger charge is 2.10. The molecule has 0 saturated heterocycles. The molecule has 3 nitrogen and oxygen atoms in total. The summed E-state index contributed by atoms with van der Waals surface area (Å²) in [7, 11) is 1.53. The van der Waals surface area contributed by atoms with Crippen LogP contribution in [0.25, 0.3) is 0 Å². The van der Waals surface area contributed by atoms with E-state index in [1.165, 1.54) is 19.2 Å². The van der Waals surface area contributed by atoms with E-state index in [0.29, 0.717) is 17.1 Å². The van der Waals surface area contributed by atoms with Crippen LogP contribution in [0.15, 0.2) is 36.4 Å². The lowest BCUT2D eigenvalue weighted by molar-refractivity contribution is 0.281. The summed E-state index contributed by atoms with van der Waals surface area (Å²) in [6.07, 6.45) is 0. The van der Waals surface area contributed by atoms with Crippen molar-refractivity contribution in [2.45, 2.75) is 13.5 Å². The first-order chi connectivity index (χ1) is 9.13. The first-order valence-corrected chi connectivity index (χ1v) is 5.86. The van der Waals surface area contributed by atoms with Crippen LogP contribution >= 0.6 is 0 Å². The number of ether oxygens (including phenoxy) is 2. The molecule has 19 heavy (non-hydrogen) atoms. The molecule has 0 spiro atoms. The van der Waals surface area contributed by atoms with Gasteiger partial charge in [-0.3, -0.25) is 0 Å². The van der Waals surface area contributed by atoms with E-state index in [1.54, 1.807) is 12.1 Å². The van der Waals surface area contributed by atoms with Crippen LogP contribution in [0.4, 0.5) is 4.39 Å². The Bertz CT molecular complexity index is 582. The van der Waals surface area contributed by atoms with E-state index in [0.717, 1.165) is 5.56 Å². The molecular weight excluding hydrogens is 247 g/mol. The number of aryl methyl sites for hydroxylation is 1. The molecule has 0 atom stereocenters. The zero-order valence-electron chi connectivity index (χ0n) is 10.8. The van der Waals surface area contributed by atoms with Gasteiger partial charge < -0.3 is 14.6 Å². The predicted molar refractivity (Wildman–Crippen MR) is 70.1 cm³/mol. The Kier molecular flexibility index (Phi) is 4.02. The third-order valence-corrected chi connectivity index (χ3v) is 2.72. The molecule has 2 rings (SSSR count). The van der Waals surface area contributed by atoms with Gasteiger partial charge in [-0.15, -0.1) is 0 Å². The van der Waals surface area contributed by atoms with Crippen molar-refractivity contribution in [3.8, 4) is 17.2 Å². The molecule has 4 heteroatoms. The third kappa shape index (κ3) is 3.03. The molecule has 0 aromatic heterocycles. The Morgan fingerprint density at radius 1 is 1.05 bits per heavy atom.